The molecule has 0 aromatic carbocycles. The molecule has 2 fully saturated rings. The first-order valence-corrected chi connectivity index (χ1v) is 5.33. The lowest BCUT2D eigenvalue weighted by atomic mass is 10.2. The standard InChI is InChI=1S/C9H15N5O3/c1-4(15)11-9-12-7-6(8(17)13-9)10-3-14(7)5(2)16/h6-7,9-10,12H,3H2,1-2H3,(H,11,15)(H,13,17). The quantitative estimate of drug-likeness (QED) is 0.398. The number of hydrogen-bond donors (Lipinski definition) is 4. The van der Waals surface area contributed by atoms with Crippen molar-refractivity contribution in [3.05, 3.63) is 0 Å². The highest BCUT2D eigenvalue weighted by atomic mass is 16.2. The largest absolute Gasteiger partial charge is 0.324 e. The van der Waals surface area contributed by atoms with E-state index in [1.807, 2.05) is 0 Å². The molecule has 0 spiro atoms. The minimum atomic E-state index is -0.650. The molecule has 3 unspecified atom stereocenters. The first-order valence-electron chi connectivity index (χ1n) is 5.33. The summed E-state index contributed by atoms with van der Waals surface area (Å²) in [6.07, 6.45) is -1.08. The summed E-state index contributed by atoms with van der Waals surface area (Å²) in [5.74, 6) is -0.633. The van der Waals surface area contributed by atoms with Gasteiger partial charge in [-0.1, -0.05) is 0 Å². The summed E-state index contributed by atoms with van der Waals surface area (Å²) in [5, 5.41) is 11.1. The van der Waals surface area contributed by atoms with Gasteiger partial charge in [-0.15, -0.1) is 0 Å². The molecule has 2 saturated heterocycles. The van der Waals surface area contributed by atoms with Crippen molar-refractivity contribution in [3.63, 3.8) is 0 Å². The molecule has 0 bridgehead atoms. The second-order valence-corrected chi connectivity index (χ2v) is 4.08. The summed E-state index contributed by atoms with van der Waals surface area (Å²) in [6, 6.07) is -0.482. The fourth-order valence-electron chi connectivity index (χ4n) is 2.04. The van der Waals surface area contributed by atoms with Gasteiger partial charge in [0.1, 0.15) is 12.2 Å². The molecular weight excluding hydrogens is 226 g/mol. The SMILES string of the molecule is CC(=O)NC1NC(=O)C2NCN(C(C)=O)C2N1. The number of nitrogens with zero attached hydrogens (tertiary/aromatic N) is 1. The lowest BCUT2D eigenvalue weighted by molar-refractivity contribution is -0.134. The minimum absolute atomic E-state index is 0.131. The third-order valence-electron chi connectivity index (χ3n) is 2.79. The predicted molar refractivity (Wildman–Crippen MR) is 57.0 cm³/mol. The van der Waals surface area contributed by atoms with Gasteiger partial charge in [-0.2, -0.15) is 0 Å². The number of fused-ring (bicyclic) bond motifs is 1. The molecule has 8 nitrogen and oxygen atoms in total. The maximum Gasteiger partial charge on any atom is 0.243 e. The van der Waals surface area contributed by atoms with Crippen LogP contribution in [-0.2, 0) is 14.4 Å². The van der Waals surface area contributed by atoms with Gasteiger partial charge in [0.2, 0.25) is 17.7 Å². The number of carbonyl (C=O) groups is 3. The van der Waals surface area contributed by atoms with Gasteiger partial charge >= 0.3 is 0 Å². The Hall–Kier alpha value is -1.67. The van der Waals surface area contributed by atoms with E-state index >= 15 is 0 Å². The lowest BCUT2D eigenvalue weighted by Gasteiger charge is -2.36. The number of nitrogens with one attached hydrogen (secondary N) is 4. The molecule has 94 valence electrons. The third kappa shape index (κ3) is 2.22. The molecule has 0 radical (unpaired) electrons. The van der Waals surface area contributed by atoms with Crippen LogP contribution in [-0.4, -0.2) is 47.8 Å². The lowest BCUT2D eigenvalue weighted by Crippen LogP contribution is -2.71. The van der Waals surface area contributed by atoms with E-state index in [0.29, 0.717) is 6.67 Å². The Labute approximate surface area is 98.1 Å². The molecule has 4 N–H and O–H groups in total. The van der Waals surface area contributed by atoms with Crippen LogP contribution in [0.25, 0.3) is 0 Å². The van der Waals surface area contributed by atoms with Gasteiger partial charge in [0.05, 0.1) is 6.67 Å². The Morgan fingerprint density at radius 3 is 2.71 bits per heavy atom. The van der Waals surface area contributed by atoms with Gasteiger partial charge in [-0.25, -0.2) is 0 Å². The monoisotopic (exact) mass is 241 g/mol. The van der Waals surface area contributed by atoms with Crippen LogP contribution in [0.15, 0.2) is 0 Å². The summed E-state index contributed by atoms with van der Waals surface area (Å²) in [5.41, 5.74) is 0. The highest BCUT2D eigenvalue weighted by Gasteiger charge is 2.44. The molecule has 2 aliphatic rings. The Morgan fingerprint density at radius 2 is 2.12 bits per heavy atom. The van der Waals surface area contributed by atoms with Crippen LogP contribution in [0.1, 0.15) is 13.8 Å². The number of rotatable bonds is 1. The van der Waals surface area contributed by atoms with Gasteiger partial charge in [-0.05, 0) is 0 Å². The Bertz CT molecular complexity index is 366. The number of carbonyl (C=O) groups excluding carboxylic acids is 3. The third-order valence-corrected chi connectivity index (χ3v) is 2.79. The molecular formula is C9H15N5O3. The highest BCUT2D eigenvalue weighted by Crippen LogP contribution is 2.13. The minimum Gasteiger partial charge on any atom is -0.324 e. The Kier molecular flexibility index (Phi) is 2.99. The molecule has 17 heavy (non-hydrogen) atoms. The van der Waals surface area contributed by atoms with Crippen molar-refractivity contribution in [2.45, 2.75) is 32.3 Å². The molecule has 0 aliphatic carbocycles. The van der Waals surface area contributed by atoms with Crippen molar-refractivity contribution >= 4 is 17.7 Å². The van der Waals surface area contributed by atoms with Crippen LogP contribution < -0.4 is 21.3 Å². The van der Waals surface area contributed by atoms with E-state index in [4.69, 9.17) is 0 Å². The predicted octanol–water partition coefficient (Wildman–Crippen LogP) is -2.77. The molecule has 2 heterocycles. The summed E-state index contributed by atoms with van der Waals surface area (Å²) < 4.78 is 0. The van der Waals surface area contributed by atoms with Crippen LogP contribution in [0.5, 0.6) is 0 Å². The first-order chi connectivity index (χ1) is 7.99. The summed E-state index contributed by atoms with van der Waals surface area (Å²) in [7, 11) is 0. The summed E-state index contributed by atoms with van der Waals surface area (Å²) in [6.45, 7) is 3.11. The zero-order chi connectivity index (χ0) is 12.6. The van der Waals surface area contributed by atoms with Crippen molar-refractivity contribution < 1.29 is 14.4 Å². The van der Waals surface area contributed by atoms with E-state index < -0.39 is 18.5 Å². The van der Waals surface area contributed by atoms with Crippen LogP contribution in [0, 0.1) is 0 Å². The molecule has 0 saturated carbocycles. The van der Waals surface area contributed by atoms with Crippen molar-refractivity contribution in [2.75, 3.05) is 6.67 Å². The van der Waals surface area contributed by atoms with E-state index in [1.54, 1.807) is 0 Å². The molecule has 8 heteroatoms. The number of hydrogen-bond acceptors (Lipinski definition) is 5. The average molecular weight is 241 g/mol. The molecule has 3 atom stereocenters. The maximum atomic E-state index is 11.7. The van der Waals surface area contributed by atoms with Crippen LogP contribution in [0.3, 0.4) is 0 Å². The van der Waals surface area contributed by atoms with E-state index in [0.717, 1.165) is 0 Å². The number of amides is 3. The van der Waals surface area contributed by atoms with Crippen molar-refractivity contribution in [3.8, 4) is 0 Å². The topological polar surface area (TPSA) is 103 Å². The fraction of sp³-hybridized carbons (Fsp3) is 0.667. The molecule has 0 aromatic rings. The molecule has 0 aromatic heterocycles. The van der Waals surface area contributed by atoms with Crippen LogP contribution in [0.2, 0.25) is 0 Å². The van der Waals surface area contributed by atoms with Gasteiger partial charge in [0.15, 0.2) is 6.29 Å². The zero-order valence-electron chi connectivity index (χ0n) is 9.61. The van der Waals surface area contributed by atoms with Crippen molar-refractivity contribution in [1.29, 1.82) is 0 Å². The van der Waals surface area contributed by atoms with E-state index in [2.05, 4.69) is 21.3 Å². The van der Waals surface area contributed by atoms with E-state index in [1.165, 1.54) is 18.7 Å². The van der Waals surface area contributed by atoms with Gasteiger partial charge in [0.25, 0.3) is 0 Å². The highest BCUT2D eigenvalue weighted by molar-refractivity contribution is 5.86. The molecule has 2 rings (SSSR count). The van der Waals surface area contributed by atoms with E-state index in [9.17, 15) is 14.4 Å². The zero-order valence-corrected chi connectivity index (χ0v) is 9.61. The average Bonchev–Trinajstić information content (AvgIpc) is 2.60. The fourth-order valence-corrected chi connectivity index (χ4v) is 2.04. The Morgan fingerprint density at radius 1 is 1.41 bits per heavy atom. The second kappa shape index (κ2) is 4.30. The van der Waals surface area contributed by atoms with Crippen LogP contribution in [0.4, 0.5) is 0 Å². The van der Waals surface area contributed by atoms with Crippen molar-refractivity contribution in [1.82, 2.24) is 26.2 Å². The summed E-state index contributed by atoms with van der Waals surface area (Å²) >= 11 is 0. The Balaban J connectivity index is 2.10. The molecule has 2 aliphatic heterocycles. The normalized spacial score (nSPS) is 31.8. The van der Waals surface area contributed by atoms with Gasteiger partial charge in [-0.3, -0.25) is 25.0 Å². The second-order valence-electron chi connectivity index (χ2n) is 4.08. The maximum absolute atomic E-state index is 11.7. The molecule has 3 amide bonds. The van der Waals surface area contributed by atoms with E-state index in [-0.39, 0.29) is 17.7 Å². The van der Waals surface area contributed by atoms with Gasteiger partial charge in [0, 0.05) is 13.8 Å². The van der Waals surface area contributed by atoms with Crippen molar-refractivity contribution in [2.24, 2.45) is 0 Å². The van der Waals surface area contributed by atoms with Crippen LogP contribution >= 0.6 is 0 Å². The first kappa shape index (κ1) is 11.8. The smallest absolute Gasteiger partial charge is 0.243 e. The summed E-state index contributed by atoms with van der Waals surface area (Å²) in [4.78, 5) is 35.5. The van der Waals surface area contributed by atoms with Gasteiger partial charge < -0.3 is 15.5 Å².